The van der Waals surface area contributed by atoms with E-state index in [0.717, 1.165) is 0 Å². The zero-order valence-corrected chi connectivity index (χ0v) is 12.0. The van der Waals surface area contributed by atoms with Crippen LogP contribution in [-0.4, -0.2) is 21.9 Å². The smallest absolute Gasteiger partial charge is 0.348 e. The van der Waals surface area contributed by atoms with Gasteiger partial charge in [0.2, 0.25) is 0 Å². The molecule has 0 fully saturated rings. The SMILES string of the molecule is C/C(=N\Nc1ccc(C(=O)O)cc1)c1c(O)cc(C)oc1=O. The van der Waals surface area contributed by atoms with Gasteiger partial charge in [0.25, 0.3) is 0 Å². The molecule has 1 aromatic carbocycles. The van der Waals surface area contributed by atoms with Gasteiger partial charge >= 0.3 is 11.6 Å². The van der Waals surface area contributed by atoms with Crippen molar-refractivity contribution in [2.24, 2.45) is 5.10 Å². The number of carboxylic acids is 1. The maximum absolute atomic E-state index is 11.7. The lowest BCUT2D eigenvalue weighted by molar-refractivity contribution is 0.0697. The highest BCUT2D eigenvalue weighted by molar-refractivity contribution is 6.00. The Balaban J connectivity index is 2.23. The van der Waals surface area contributed by atoms with Crippen LogP contribution in [0.2, 0.25) is 0 Å². The third kappa shape index (κ3) is 3.32. The summed E-state index contributed by atoms with van der Waals surface area (Å²) >= 11 is 0. The molecule has 22 heavy (non-hydrogen) atoms. The number of aromatic carboxylic acids is 1. The Bertz CT molecular complexity index is 791. The standard InChI is InChI=1S/C15H14N2O5/c1-8-7-12(18)13(15(21)22-8)9(2)16-17-11-5-3-10(4-6-11)14(19)20/h3-7,17-18H,1-2H3,(H,19,20)/b16-9+. The summed E-state index contributed by atoms with van der Waals surface area (Å²) in [6, 6.07) is 7.26. The Morgan fingerprint density at radius 3 is 2.45 bits per heavy atom. The molecule has 0 amide bonds. The Kier molecular flexibility index (Phi) is 4.26. The van der Waals surface area contributed by atoms with Crippen LogP contribution in [-0.2, 0) is 0 Å². The van der Waals surface area contributed by atoms with Gasteiger partial charge in [-0.1, -0.05) is 0 Å². The maximum atomic E-state index is 11.7. The summed E-state index contributed by atoms with van der Waals surface area (Å²) in [7, 11) is 0. The van der Waals surface area contributed by atoms with Crippen molar-refractivity contribution < 1.29 is 19.4 Å². The van der Waals surface area contributed by atoms with Crippen molar-refractivity contribution in [1.82, 2.24) is 0 Å². The van der Waals surface area contributed by atoms with Crippen molar-refractivity contribution in [1.29, 1.82) is 0 Å². The summed E-state index contributed by atoms with van der Waals surface area (Å²) in [4.78, 5) is 22.5. The van der Waals surface area contributed by atoms with Gasteiger partial charge < -0.3 is 14.6 Å². The first-order chi connectivity index (χ1) is 10.4. The number of anilines is 1. The third-order valence-electron chi connectivity index (χ3n) is 2.90. The number of benzene rings is 1. The van der Waals surface area contributed by atoms with E-state index in [1.807, 2.05) is 0 Å². The fourth-order valence-corrected chi connectivity index (χ4v) is 1.82. The van der Waals surface area contributed by atoms with Crippen molar-refractivity contribution in [2.75, 3.05) is 5.43 Å². The van der Waals surface area contributed by atoms with Crippen molar-refractivity contribution in [3.63, 3.8) is 0 Å². The Hall–Kier alpha value is -3.09. The average Bonchev–Trinajstić information content (AvgIpc) is 2.44. The van der Waals surface area contributed by atoms with Crippen LogP contribution in [0.3, 0.4) is 0 Å². The number of rotatable bonds is 4. The topological polar surface area (TPSA) is 112 Å². The van der Waals surface area contributed by atoms with Crippen LogP contribution in [0.4, 0.5) is 5.69 Å². The molecular formula is C15H14N2O5. The van der Waals surface area contributed by atoms with E-state index in [9.17, 15) is 14.7 Å². The molecule has 7 nitrogen and oxygen atoms in total. The number of hydrogen-bond donors (Lipinski definition) is 3. The molecule has 114 valence electrons. The van der Waals surface area contributed by atoms with E-state index in [0.29, 0.717) is 11.4 Å². The first kappa shape index (κ1) is 15.3. The second-order valence-electron chi connectivity index (χ2n) is 4.60. The Morgan fingerprint density at radius 2 is 1.91 bits per heavy atom. The van der Waals surface area contributed by atoms with Crippen LogP contribution in [0.5, 0.6) is 5.75 Å². The summed E-state index contributed by atoms with van der Waals surface area (Å²) in [6.07, 6.45) is 0. The first-order valence-corrected chi connectivity index (χ1v) is 6.36. The summed E-state index contributed by atoms with van der Waals surface area (Å²) in [5.41, 5.74) is 2.92. The van der Waals surface area contributed by atoms with Crippen LogP contribution in [0, 0.1) is 6.92 Å². The van der Waals surface area contributed by atoms with Gasteiger partial charge in [-0.2, -0.15) is 5.10 Å². The highest BCUT2D eigenvalue weighted by atomic mass is 16.4. The van der Waals surface area contributed by atoms with Crippen LogP contribution in [0.25, 0.3) is 0 Å². The minimum absolute atomic E-state index is 0.0275. The van der Waals surface area contributed by atoms with Crippen LogP contribution in [0.15, 0.2) is 44.6 Å². The lowest BCUT2D eigenvalue weighted by Gasteiger charge is -2.05. The summed E-state index contributed by atoms with van der Waals surface area (Å²) in [5.74, 6) is -0.928. The maximum Gasteiger partial charge on any atom is 0.348 e. The van der Waals surface area contributed by atoms with E-state index in [2.05, 4.69) is 10.5 Å². The quantitative estimate of drug-likeness (QED) is 0.589. The van der Waals surface area contributed by atoms with Crippen molar-refractivity contribution >= 4 is 17.4 Å². The van der Waals surface area contributed by atoms with E-state index in [4.69, 9.17) is 9.52 Å². The molecule has 0 aliphatic rings. The van der Waals surface area contributed by atoms with Gasteiger partial charge in [0, 0.05) is 6.07 Å². The number of nitrogens with one attached hydrogen (secondary N) is 1. The van der Waals surface area contributed by atoms with Crippen LogP contribution < -0.4 is 11.1 Å². The molecule has 0 saturated carbocycles. The monoisotopic (exact) mass is 302 g/mol. The molecule has 3 N–H and O–H groups in total. The zero-order chi connectivity index (χ0) is 16.3. The molecule has 2 rings (SSSR count). The van der Waals surface area contributed by atoms with Gasteiger partial charge in [0.15, 0.2) is 0 Å². The highest BCUT2D eigenvalue weighted by Crippen LogP contribution is 2.16. The number of carboxylic acid groups (broad SMARTS) is 1. The predicted octanol–water partition coefficient (Wildman–Crippen LogP) is 2.19. The van der Waals surface area contributed by atoms with Gasteiger partial charge in [0.1, 0.15) is 17.1 Å². The Labute approximate surface area is 125 Å². The van der Waals surface area contributed by atoms with Gasteiger partial charge in [-0.15, -0.1) is 0 Å². The fraction of sp³-hybridized carbons (Fsp3) is 0.133. The van der Waals surface area contributed by atoms with E-state index < -0.39 is 11.6 Å². The molecule has 0 radical (unpaired) electrons. The molecule has 2 aromatic rings. The molecule has 0 atom stereocenters. The molecule has 0 bridgehead atoms. The van der Waals surface area contributed by atoms with Gasteiger partial charge in [-0.05, 0) is 38.1 Å². The van der Waals surface area contributed by atoms with Gasteiger partial charge in [-0.3, -0.25) is 5.43 Å². The highest BCUT2D eigenvalue weighted by Gasteiger charge is 2.13. The lowest BCUT2D eigenvalue weighted by Crippen LogP contribution is -2.14. The molecular weight excluding hydrogens is 288 g/mol. The van der Waals surface area contributed by atoms with Crippen molar-refractivity contribution in [2.45, 2.75) is 13.8 Å². The van der Waals surface area contributed by atoms with Crippen LogP contribution in [0.1, 0.15) is 28.6 Å². The zero-order valence-electron chi connectivity index (χ0n) is 12.0. The largest absolute Gasteiger partial charge is 0.507 e. The van der Waals surface area contributed by atoms with E-state index in [1.165, 1.54) is 30.3 Å². The third-order valence-corrected chi connectivity index (χ3v) is 2.90. The number of aromatic hydroxyl groups is 1. The number of carbonyl (C=O) groups is 1. The van der Waals surface area contributed by atoms with E-state index in [-0.39, 0.29) is 22.6 Å². The fourth-order valence-electron chi connectivity index (χ4n) is 1.82. The van der Waals surface area contributed by atoms with E-state index in [1.54, 1.807) is 13.8 Å². The first-order valence-electron chi connectivity index (χ1n) is 6.36. The normalized spacial score (nSPS) is 11.3. The molecule has 0 saturated heterocycles. The number of nitrogens with zero attached hydrogens (tertiary/aromatic N) is 1. The predicted molar refractivity (Wildman–Crippen MR) is 80.6 cm³/mol. The second-order valence-corrected chi connectivity index (χ2v) is 4.60. The van der Waals surface area contributed by atoms with Crippen molar-refractivity contribution in [3.05, 3.63) is 57.6 Å². The Morgan fingerprint density at radius 1 is 1.27 bits per heavy atom. The van der Waals surface area contributed by atoms with Crippen molar-refractivity contribution in [3.8, 4) is 5.75 Å². The molecule has 0 unspecified atom stereocenters. The molecule has 0 spiro atoms. The number of hydrogen-bond acceptors (Lipinski definition) is 6. The molecule has 1 aromatic heterocycles. The summed E-state index contributed by atoms with van der Waals surface area (Å²) < 4.78 is 4.91. The number of aryl methyl sites for hydroxylation is 1. The summed E-state index contributed by atoms with van der Waals surface area (Å²) in [6.45, 7) is 3.10. The minimum Gasteiger partial charge on any atom is -0.507 e. The number of hydrazone groups is 1. The minimum atomic E-state index is -1.02. The summed E-state index contributed by atoms with van der Waals surface area (Å²) in [5, 5.41) is 22.6. The lowest BCUT2D eigenvalue weighted by atomic mass is 10.2. The average molecular weight is 302 g/mol. The van der Waals surface area contributed by atoms with Crippen LogP contribution >= 0.6 is 0 Å². The molecule has 1 heterocycles. The van der Waals surface area contributed by atoms with Gasteiger partial charge in [-0.25, -0.2) is 9.59 Å². The molecule has 0 aliphatic heterocycles. The molecule has 7 heteroatoms. The van der Waals surface area contributed by atoms with Gasteiger partial charge in [0.05, 0.1) is 17.0 Å². The van der Waals surface area contributed by atoms with E-state index >= 15 is 0 Å². The molecule has 0 aliphatic carbocycles. The second kappa shape index (κ2) is 6.13.